The lowest BCUT2D eigenvalue weighted by Crippen LogP contribution is -2.36. The fourth-order valence-corrected chi connectivity index (χ4v) is 4.51. The molecule has 2 aromatic carbocycles. The monoisotopic (exact) mass is 455 g/mol. The number of ketones is 1. The Bertz CT molecular complexity index is 1180. The van der Waals surface area contributed by atoms with Gasteiger partial charge < -0.3 is 4.74 Å². The number of aromatic nitrogens is 4. The van der Waals surface area contributed by atoms with E-state index in [2.05, 4.69) is 20.4 Å². The van der Waals surface area contributed by atoms with Crippen molar-refractivity contribution in [2.75, 3.05) is 26.5 Å². The van der Waals surface area contributed by atoms with Gasteiger partial charge in [0.25, 0.3) is 0 Å². The molecule has 0 amide bonds. The standard InChI is InChI=1S/C22H25N5O4S/c1-31-19-7-3-16(4-8-19)22(28)17-11-13-26(14-12-17)15-21-23-24-25-27(21)18-5-9-20(10-6-18)32(2,29)30/h3-10,17H,11-15H2,1-2H3. The summed E-state index contributed by atoms with van der Waals surface area (Å²) in [6.45, 7) is 2.09. The van der Waals surface area contributed by atoms with Gasteiger partial charge in [0.15, 0.2) is 21.4 Å². The Balaban J connectivity index is 1.38. The van der Waals surface area contributed by atoms with Gasteiger partial charge in [-0.25, -0.2) is 8.42 Å². The van der Waals surface area contributed by atoms with Crippen LogP contribution in [0.3, 0.4) is 0 Å². The zero-order valence-electron chi connectivity index (χ0n) is 18.0. The van der Waals surface area contributed by atoms with Crippen molar-refractivity contribution in [1.82, 2.24) is 25.1 Å². The molecule has 32 heavy (non-hydrogen) atoms. The van der Waals surface area contributed by atoms with Crippen LogP contribution >= 0.6 is 0 Å². The highest BCUT2D eigenvalue weighted by molar-refractivity contribution is 7.90. The maximum absolute atomic E-state index is 12.8. The number of hydrogen-bond donors (Lipinski definition) is 0. The number of likely N-dealkylation sites (tertiary alicyclic amines) is 1. The number of carbonyl (C=O) groups excluding carboxylic acids is 1. The zero-order chi connectivity index (χ0) is 22.7. The number of ether oxygens (including phenoxy) is 1. The predicted molar refractivity (Wildman–Crippen MR) is 118 cm³/mol. The zero-order valence-corrected chi connectivity index (χ0v) is 18.8. The quantitative estimate of drug-likeness (QED) is 0.499. The summed E-state index contributed by atoms with van der Waals surface area (Å²) in [7, 11) is -1.66. The van der Waals surface area contributed by atoms with Crippen molar-refractivity contribution in [1.29, 1.82) is 0 Å². The first-order valence-electron chi connectivity index (χ1n) is 10.3. The summed E-state index contributed by atoms with van der Waals surface area (Å²) >= 11 is 0. The molecule has 168 valence electrons. The maximum atomic E-state index is 12.8. The first kappa shape index (κ1) is 22.1. The fourth-order valence-electron chi connectivity index (χ4n) is 3.88. The van der Waals surface area contributed by atoms with Crippen LogP contribution in [0.5, 0.6) is 5.75 Å². The smallest absolute Gasteiger partial charge is 0.175 e. The van der Waals surface area contributed by atoms with E-state index in [0.29, 0.717) is 23.6 Å². The fraction of sp³-hybridized carbons (Fsp3) is 0.364. The lowest BCUT2D eigenvalue weighted by molar-refractivity contribution is 0.0832. The van der Waals surface area contributed by atoms with Gasteiger partial charge in [0, 0.05) is 17.7 Å². The molecule has 4 rings (SSSR count). The average molecular weight is 456 g/mol. The molecule has 0 aliphatic carbocycles. The van der Waals surface area contributed by atoms with Crippen LogP contribution in [0.25, 0.3) is 5.69 Å². The van der Waals surface area contributed by atoms with E-state index in [0.717, 1.165) is 31.7 Å². The number of nitrogens with zero attached hydrogens (tertiary/aromatic N) is 5. The second-order valence-corrected chi connectivity index (χ2v) is 9.93. The van der Waals surface area contributed by atoms with Crippen LogP contribution in [0.1, 0.15) is 29.0 Å². The molecule has 1 aliphatic heterocycles. The van der Waals surface area contributed by atoms with Crippen LogP contribution in [0.2, 0.25) is 0 Å². The molecular formula is C22H25N5O4S. The minimum Gasteiger partial charge on any atom is -0.497 e. The van der Waals surface area contributed by atoms with E-state index >= 15 is 0 Å². The Morgan fingerprint density at radius 1 is 1.06 bits per heavy atom. The number of carbonyl (C=O) groups is 1. The predicted octanol–water partition coefficient (Wildman–Crippen LogP) is 2.17. The topological polar surface area (TPSA) is 107 Å². The van der Waals surface area contributed by atoms with E-state index in [1.165, 1.54) is 6.26 Å². The summed E-state index contributed by atoms with van der Waals surface area (Å²) in [5, 5.41) is 12.0. The highest BCUT2D eigenvalue weighted by atomic mass is 32.2. The first-order valence-corrected chi connectivity index (χ1v) is 12.2. The van der Waals surface area contributed by atoms with Gasteiger partial charge >= 0.3 is 0 Å². The number of hydrogen-bond acceptors (Lipinski definition) is 8. The molecule has 10 heteroatoms. The van der Waals surface area contributed by atoms with E-state index < -0.39 is 9.84 Å². The normalized spacial score (nSPS) is 15.6. The second-order valence-electron chi connectivity index (χ2n) is 7.92. The number of sulfone groups is 1. The van der Waals surface area contributed by atoms with Gasteiger partial charge in [0.05, 0.1) is 24.2 Å². The minimum atomic E-state index is -3.26. The van der Waals surface area contributed by atoms with Gasteiger partial charge in [-0.15, -0.1) is 5.10 Å². The average Bonchev–Trinajstić information content (AvgIpc) is 3.27. The SMILES string of the molecule is COc1ccc(C(=O)C2CCN(Cc3nnnn3-c3ccc(S(C)(=O)=O)cc3)CC2)cc1. The molecule has 1 aliphatic rings. The lowest BCUT2D eigenvalue weighted by Gasteiger charge is -2.30. The van der Waals surface area contributed by atoms with Crippen molar-refractivity contribution in [3.63, 3.8) is 0 Å². The number of rotatable bonds is 7. The summed E-state index contributed by atoms with van der Waals surface area (Å²) in [6, 6.07) is 13.7. The Labute approximate surface area is 186 Å². The molecule has 0 spiro atoms. The summed E-state index contributed by atoms with van der Waals surface area (Å²) in [6.07, 6.45) is 2.72. The molecule has 3 aromatic rings. The second kappa shape index (κ2) is 9.17. The molecule has 2 heterocycles. The Kier molecular flexibility index (Phi) is 6.33. The molecule has 0 atom stereocenters. The van der Waals surface area contributed by atoms with Crippen molar-refractivity contribution < 1.29 is 17.9 Å². The molecule has 9 nitrogen and oxygen atoms in total. The number of Topliss-reactive ketones (excluding diaryl/α,β-unsaturated/α-hetero) is 1. The van der Waals surface area contributed by atoms with E-state index in [-0.39, 0.29) is 16.6 Å². The highest BCUT2D eigenvalue weighted by Crippen LogP contribution is 2.24. The van der Waals surface area contributed by atoms with Crippen LogP contribution in [0.15, 0.2) is 53.4 Å². The van der Waals surface area contributed by atoms with Gasteiger partial charge in [-0.3, -0.25) is 9.69 Å². The maximum Gasteiger partial charge on any atom is 0.175 e. The van der Waals surface area contributed by atoms with Gasteiger partial charge in [0.2, 0.25) is 0 Å². The van der Waals surface area contributed by atoms with Crippen molar-refractivity contribution in [3.05, 3.63) is 59.9 Å². The third kappa shape index (κ3) is 4.86. The molecule has 0 N–H and O–H groups in total. The summed E-state index contributed by atoms with van der Waals surface area (Å²) in [4.78, 5) is 15.3. The van der Waals surface area contributed by atoms with E-state index in [9.17, 15) is 13.2 Å². The van der Waals surface area contributed by atoms with Crippen LogP contribution in [0.4, 0.5) is 0 Å². The molecule has 1 aromatic heterocycles. The van der Waals surface area contributed by atoms with E-state index in [1.54, 1.807) is 36.1 Å². The summed E-state index contributed by atoms with van der Waals surface area (Å²) in [5.41, 5.74) is 1.41. The lowest BCUT2D eigenvalue weighted by atomic mass is 9.89. The van der Waals surface area contributed by atoms with Gasteiger partial charge in [-0.2, -0.15) is 4.68 Å². The molecule has 0 unspecified atom stereocenters. The third-order valence-electron chi connectivity index (χ3n) is 5.74. The molecule has 0 bridgehead atoms. The molecular weight excluding hydrogens is 430 g/mol. The van der Waals surface area contributed by atoms with Gasteiger partial charge in [-0.1, -0.05) is 0 Å². The third-order valence-corrected chi connectivity index (χ3v) is 6.87. The van der Waals surface area contributed by atoms with Crippen molar-refractivity contribution in [3.8, 4) is 11.4 Å². The van der Waals surface area contributed by atoms with Crippen LogP contribution in [0, 0.1) is 5.92 Å². The Hall–Kier alpha value is -3.11. The molecule has 0 saturated carbocycles. The van der Waals surface area contributed by atoms with Gasteiger partial charge in [-0.05, 0) is 84.9 Å². The first-order chi connectivity index (χ1) is 15.3. The Morgan fingerprint density at radius 3 is 2.31 bits per heavy atom. The van der Waals surface area contributed by atoms with Crippen LogP contribution in [-0.4, -0.2) is 65.8 Å². The van der Waals surface area contributed by atoms with E-state index in [1.807, 2.05) is 24.3 Å². The number of piperidine rings is 1. The van der Waals surface area contributed by atoms with E-state index in [4.69, 9.17) is 4.74 Å². The summed E-state index contributed by atoms with van der Waals surface area (Å²) < 4.78 is 30.1. The molecule has 1 fully saturated rings. The largest absolute Gasteiger partial charge is 0.497 e. The summed E-state index contributed by atoms with van der Waals surface area (Å²) in [5.74, 6) is 1.57. The number of tetrazole rings is 1. The van der Waals surface area contributed by atoms with Crippen molar-refractivity contribution in [2.45, 2.75) is 24.3 Å². The Morgan fingerprint density at radius 2 is 1.72 bits per heavy atom. The number of benzene rings is 2. The van der Waals surface area contributed by atoms with Crippen molar-refractivity contribution >= 4 is 15.6 Å². The van der Waals surface area contributed by atoms with Crippen LogP contribution < -0.4 is 4.74 Å². The highest BCUT2D eigenvalue weighted by Gasteiger charge is 2.27. The molecule has 1 saturated heterocycles. The van der Waals surface area contributed by atoms with Crippen molar-refractivity contribution in [2.24, 2.45) is 5.92 Å². The minimum absolute atomic E-state index is 0.000762. The van der Waals surface area contributed by atoms with Crippen LogP contribution in [-0.2, 0) is 16.4 Å². The molecule has 0 radical (unpaired) electrons. The number of methoxy groups -OCH3 is 1. The van der Waals surface area contributed by atoms with Gasteiger partial charge in [0.1, 0.15) is 5.75 Å².